The zero-order valence-corrected chi connectivity index (χ0v) is 39.1. The van der Waals surface area contributed by atoms with E-state index in [1.807, 2.05) is 0 Å². The number of imidazole rings is 1. The number of anilines is 2. The van der Waals surface area contributed by atoms with Gasteiger partial charge >= 0.3 is 12.2 Å². The molecule has 5 aromatic rings. The lowest BCUT2D eigenvalue weighted by Crippen LogP contribution is -2.42. The van der Waals surface area contributed by atoms with Crippen molar-refractivity contribution >= 4 is 82.8 Å². The Morgan fingerprint density at radius 1 is 0.671 bits per heavy atom. The molecule has 2 fully saturated rings. The van der Waals surface area contributed by atoms with E-state index < -0.39 is 53.6 Å². The van der Waals surface area contributed by atoms with Crippen LogP contribution in [0.3, 0.4) is 0 Å². The van der Waals surface area contributed by atoms with Crippen molar-refractivity contribution in [2.75, 3.05) is 23.7 Å². The largest absolute Gasteiger partial charge is 0.444 e. The number of hydrogen-bond acceptors (Lipinski definition) is 10. The predicted molar refractivity (Wildman–Crippen MR) is 251 cm³/mol. The molecule has 0 bridgehead atoms. The Labute approximate surface area is 413 Å². The van der Waals surface area contributed by atoms with E-state index in [1.54, 1.807) is 0 Å². The highest BCUT2D eigenvalue weighted by molar-refractivity contribution is 6.31. The zero-order valence-electron chi connectivity index (χ0n) is 36.8. The van der Waals surface area contributed by atoms with Crippen LogP contribution in [0.2, 0.25) is 10.0 Å². The van der Waals surface area contributed by atoms with Crippen LogP contribution in [-0.4, -0.2) is 70.7 Å². The summed E-state index contributed by atoms with van der Waals surface area (Å²) in [5.41, 5.74) is 8.96. The van der Waals surface area contributed by atoms with Gasteiger partial charge in [-0.05, 0) is 110 Å². The molecule has 23 heteroatoms. The summed E-state index contributed by atoms with van der Waals surface area (Å²) in [6, 6.07) is 11.9. The lowest BCUT2D eigenvalue weighted by molar-refractivity contribution is -0.124. The number of fused-ring (bicyclic) bond motifs is 2. The van der Waals surface area contributed by atoms with Gasteiger partial charge in [0.05, 0.1) is 29.2 Å². The average molecular weight is 1030 g/mol. The highest BCUT2D eigenvalue weighted by Gasteiger charge is 2.33. The summed E-state index contributed by atoms with van der Waals surface area (Å²) in [6.45, 7) is 0.624. The molecule has 70 heavy (non-hydrogen) atoms. The van der Waals surface area contributed by atoms with Crippen LogP contribution in [0.4, 0.5) is 38.5 Å². The number of hydrogen-bond donors (Lipinski definition) is 6. The molecule has 2 aliphatic carbocycles. The molecule has 0 spiro atoms. The monoisotopic (exact) mass is 1030 g/mol. The number of carbonyl (C=O) groups is 6. The first kappa shape index (κ1) is 52.6. The van der Waals surface area contributed by atoms with Crippen molar-refractivity contribution in [3.05, 3.63) is 146 Å². The van der Waals surface area contributed by atoms with Crippen LogP contribution in [0.15, 0.2) is 79.4 Å². The Morgan fingerprint density at radius 2 is 1.17 bits per heavy atom. The molecular weight excluding hydrogens is 987 g/mol. The van der Waals surface area contributed by atoms with Crippen molar-refractivity contribution in [2.24, 2.45) is 5.73 Å². The second-order valence-corrected chi connectivity index (χ2v) is 17.0. The summed E-state index contributed by atoms with van der Waals surface area (Å²) >= 11 is 11.4. The third-order valence-electron chi connectivity index (χ3n) is 11.5. The average Bonchev–Trinajstić information content (AvgIpc) is 4.11. The highest BCUT2D eigenvalue weighted by atomic mass is 35.5. The molecule has 370 valence electrons. The van der Waals surface area contributed by atoms with Crippen LogP contribution in [0.25, 0.3) is 0 Å². The second kappa shape index (κ2) is 23.7. The highest BCUT2D eigenvalue weighted by Crippen LogP contribution is 2.37. The smallest absolute Gasteiger partial charge is 0.419 e. The van der Waals surface area contributed by atoms with Crippen molar-refractivity contribution in [1.29, 1.82) is 0 Å². The molecule has 9 rings (SSSR count). The van der Waals surface area contributed by atoms with Crippen LogP contribution < -0.4 is 32.3 Å². The number of ether oxygens (including phenoxy) is 2. The second-order valence-electron chi connectivity index (χ2n) is 16.2. The van der Waals surface area contributed by atoms with E-state index >= 15 is 0 Å². The summed E-state index contributed by atoms with van der Waals surface area (Å²) in [4.78, 5) is 74.7. The predicted octanol–water partition coefficient (Wildman–Crippen LogP) is 8.25. The number of amides is 5. The van der Waals surface area contributed by atoms with Gasteiger partial charge in [0.1, 0.15) is 41.8 Å². The number of carbonyl (C=O) groups excluding carboxylic acids is 6. The molecule has 16 nitrogen and oxygen atoms in total. The number of nitrogens with zero attached hydrogens (tertiary/aromatic N) is 2. The first-order chi connectivity index (χ1) is 33.0. The van der Waals surface area contributed by atoms with Crippen LogP contribution in [0, 0.1) is 23.3 Å². The Hall–Kier alpha value is -6.74. The van der Waals surface area contributed by atoms with Crippen LogP contribution >= 0.6 is 35.6 Å². The van der Waals surface area contributed by atoms with E-state index in [4.69, 9.17) is 38.4 Å². The van der Waals surface area contributed by atoms with Crippen molar-refractivity contribution in [3.63, 3.8) is 0 Å². The van der Waals surface area contributed by atoms with E-state index in [2.05, 4.69) is 31.6 Å². The molecule has 4 atom stereocenters. The van der Waals surface area contributed by atoms with Gasteiger partial charge in [-0.15, -0.1) is 12.4 Å². The van der Waals surface area contributed by atoms with Crippen LogP contribution in [-0.2, 0) is 31.9 Å². The van der Waals surface area contributed by atoms with Gasteiger partial charge in [0.15, 0.2) is 0 Å². The SMILES string of the molecule is Cl.N[C@H]1CCc2c(C(=O)Nc3ccc(F)c(Cl)c3)ccc(F)c21.O=C1CC[C@@H](OC(=O)N[C@H]2CCc3c(C(=O)Nc4ccc(F)c(Cl)c4)ccc(F)c32)CN1.O=C1CC[C@@H](OC(=O)n2ccnc2)CN1. The molecule has 4 aromatic carbocycles. The first-order valence-electron chi connectivity index (χ1n) is 21.6. The summed E-state index contributed by atoms with van der Waals surface area (Å²) in [6.07, 6.45) is 6.16. The van der Waals surface area contributed by atoms with E-state index in [9.17, 15) is 46.3 Å². The molecular formula is C47H45Cl3F4N8O8. The minimum absolute atomic E-state index is 0. The van der Waals surface area contributed by atoms with E-state index in [0.717, 1.165) is 6.07 Å². The van der Waals surface area contributed by atoms with Crippen molar-refractivity contribution in [3.8, 4) is 0 Å². The molecule has 5 amide bonds. The Morgan fingerprint density at radius 3 is 1.67 bits per heavy atom. The minimum atomic E-state index is -0.709. The lowest BCUT2D eigenvalue weighted by Gasteiger charge is -2.24. The van der Waals surface area contributed by atoms with E-state index in [1.165, 1.54) is 77.9 Å². The van der Waals surface area contributed by atoms with E-state index in [0.29, 0.717) is 85.1 Å². The van der Waals surface area contributed by atoms with Crippen LogP contribution in [0.1, 0.15) is 93.6 Å². The normalized spacial score (nSPS) is 18.6. The number of halogens is 7. The zero-order chi connectivity index (χ0) is 49.4. The number of nitrogens with one attached hydrogen (secondary N) is 5. The fourth-order valence-corrected chi connectivity index (χ4v) is 8.46. The number of alkyl carbamates (subject to hydrolysis) is 1. The Balaban J connectivity index is 0.000000183. The van der Waals surface area contributed by atoms with Crippen molar-refractivity contribution in [1.82, 2.24) is 25.5 Å². The number of nitrogens with two attached hydrogens (primary N) is 1. The maximum absolute atomic E-state index is 14.6. The Kier molecular flexibility index (Phi) is 17.8. The summed E-state index contributed by atoms with van der Waals surface area (Å²) in [5.74, 6) is -3.07. The summed E-state index contributed by atoms with van der Waals surface area (Å²) < 4.78 is 66.7. The Bertz CT molecular complexity index is 2770. The van der Waals surface area contributed by atoms with Gasteiger partial charge < -0.3 is 41.8 Å². The van der Waals surface area contributed by atoms with Gasteiger partial charge in [0.2, 0.25) is 11.8 Å². The van der Waals surface area contributed by atoms with Gasteiger partial charge in [0, 0.05) is 64.9 Å². The summed E-state index contributed by atoms with van der Waals surface area (Å²) in [7, 11) is 0. The topological polar surface area (TPSA) is 225 Å². The number of benzene rings is 4. The maximum atomic E-state index is 14.6. The molecule has 3 heterocycles. The van der Waals surface area contributed by atoms with Gasteiger partial charge in [-0.25, -0.2) is 36.7 Å². The lowest BCUT2D eigenvalue weighted by atomic mass is 10.0. The molecule has 2 aliphatic heterocycles. The molecule has 4 aliphatic rings. The fourth-order valence-electron chi connectivity index (χ4n) is 8.10. The van der Waals surface area contributed by atoms with Gasteiger partial charge in [0.25, 0.3) is 11.8 Å². The molecule has 7 N–H and O–H groups in total. The molecule has 2 saturated heterocycles. The quantitative estimate of drug-likeness (QED) is 0.0856. The maximum Gasteiger partial charge on any atom is 0.419 e. The molecule has 0 radical (unpaired) electrons. The standard InChI is InChI=1S/C22H20ClF2N3O4.C16H13ClF2N2O.C9H11N3O3.ClH/c23-15-9-11(1-5-16(15)24)27-21(30)14-3-6-17(25)20-13(14)4-7-18(20)28-22(31)32-12-2-8-19(29)26-10-12;17-11-7-8(1-4-12(11)18)21-16(22)10-2-5-13(19)15-9(10)3-6-14(15)20;13-8-2-1-7(5-11-8)15-9(14)12-4-3-10-6-12;/h1,3,5-6,9,12,18H,2,4,7-8,10H2,(H,26,29)(H,27,30)(H,28,31);1-2,4-5,7,14H,3,6,20H2,(H,21,22);3-4,6-7H,1-2,5H2,(H,11,13);1H/t12-,18+;14-;7-;/m101./s1. The number of aromatic nitrogens is 2. The van der Waals surface area contributed by atoms with Gasteiger partial charge in [-0.1, -0.05) is 23.2 Å². The first-order valence-corrected chi connectivity index (χ1v) is 22.4. The fraction of sp³-hybridized carbons (Fsp3) is 0.298. The van der Waals surface area contributed by atoms with Gasteiger partial charge in [-0.2, -0.15) is 0 Å². The van der Waals surface area contributed by atoms with Crippen LogP contribution in [0.5, 0.6) is 0 Å². The third kappa shape index (κ3) is 13.1. The number of piperidine rings is 2. The molecule has 0 unspecified atom stereocenters. The molecule has 0 saturated carbocycles. The summed E-state index contributed by atoms with van der Waals surface area (Å²) in [5, 5.41) is 13.0. The van der Waals surface area contributed by atoms with Crippen molar-refractivity contribution < 1.29 is 55.8 Å². The van der Waals surface area contributed by atoms with Crippen molar-refractivity contribution in [2.45, 2.75) is 75.7 Å². The minimum Gasteiger partial charge on any atom is -0.444 e. The van der Waals surface area contributed by atoms with E-state index in [-0.39, 0.29) is 76.3 Å². The van der Waals surface area contributed by atoms with Gasteiger partial charge in [-0.3, -0.25) is 19.2 Å². The third-order valence-corrected chi connectivity index (χ3v) is 12.1. The number of rotatable bonds is 7. The molecule has 1 aromatic heterocycles.